The molecular formula is C11H11ClN2O2S. The summed E-state index contributed by atoms with van der Waals surface area (Å²) in [5.41, 5.74) is 3.00. The van der Waals surface area contributed by atoms with Gasteiger partial charge in [-0.25, -0.2) is 13.1 Å². The van der Waals surface area contributed by atoms with E-state index in [1.54, 1.807) is 0 Å². The van der Waals surface area contributed by atoms with Gasteiger partial charge in [-0.05, 0) is 25.5 Å². The van der Waals surface area contributed by atoms with Crippen LogP contribution in [-0.2, 0) is 9.05 Å². The van der Waals surface area contributed by atoms with Crippen molar-refractivity contribution in [2.45, 2.75) is 18.7 Å². The minimum absolute atomic E-state index is 0.000795. The predicted octanol–water partition coefficient (Wildman–Crippen LogP) is 2.42. The summed E-state index contributed by atoms with van der Waals surface area (Å²) in [6.07, 6.45) is 2.64. The largest absolute Gasteiger partial charge is 0.264 e. The molecule has 2 aromatic rings. The third-order valence-electron chi connectivity index (χ3n) is 2.44. The van der Waals surface area contributed by atoms with E-state index in [4.69, 9.17) is 10.7 Å². The van der Waals surface area contributed by atoms with Gasteiger partial charge in [-0.1, -0.05) is 17.7 Å². The molecule has 0 unspecified atom stereocenters. The smallest absolute Gasteiger partial charge is 0.239 e. The van der Waals surface area contributed by atoms with E-state index in [-0.39, 0.29) is 4.90 Å². The zero-order chi connectivity index (χ0) is 12.6. The molecule has 0 aliphatic heterocycles. The summed E-state index contributed by atoms with van der Waals surface area (Å²) in [7, 11) is 1.52. The lowest BCUT2D eigenvalue weighted by Gasteiger charge is -2.06. The van der Waals surface area contributed by atoms with Crippen LogP contribution < -0.4 is 0 Å². The van der Waals surface area contributed by atoms with E-state index in [9.17, 15) is 8.42 Å². The lowest BCUT2D eigenvalue weighted by molar-refractivity contribution is 0.609. The van der Waals surface area contributed by atoms with Crippen LogP contribution in [0, 0.1) is 13.8 Å². The molecule has 17 heavy (non-hydrogen) atoms. The molecule has 1 aromatic carbocycles. The lowest BCUT2D eigenvalue weighted by Crippen LogP contribution is -1.97. The van der Waals surface area contributed by atoms with Gasteiger partial charge < -0.3 is 0 Å². The Kier molecular flexibility index (Phi) is 2.97. The van der Waals surface area contributed by atoms with Crippen LogP contribution in [0.2, 0.25) is 0 Å². The van der Waals surface area contributed by atoms with Crippen LogP contribution >= 0.6 is 10.7 Å². The highest BCUT2D eigenvalue weighted by molar-refractivity contribution is 8.13. The van der Waals surface area contributed by atoms with Crippen molar-refractivity contribution < 1.29 is 8.42 Å². The molecule has 0 N–H and O–H groups in total. The van der Waals surface area contributed by atoms with Gasteiger partial charge in [0.2, 0.25) is 0 Å². The second kappa shape index (κ2) is 4.16. The fourth-order valence-corrected chi connectivity index (χ4v) is 2.26. The van der Waals surface area contributed by atoms with Gasteiger partial charge in [0, 0.05) is 10.7 Å². The molecule has 0 spiro atoms. The zero-order valence-electron chi connectivity index (χ0n) is 9.38. The van der Waals surface area contributed by atoms with Gasteiger partial charge in [0.25, 0.3) is 9.05 Å². The molecule has 90 valence electrons. The first kappa shape index (κ1) is 12.1. The summed E-state index contributed by atoms with van der Waals surface area (Å²) in [5.74, 6) is 0. The summed E-state index contributed by atoms with van der Waals surface area (Å²) in [5, 5.41) is 4.00. The van der Waals surface area contributed by atoms with E-state index in [0.717, 1.165) is 16.8 Å². The normalized spacial score (nSPS) is 11.7. The van der Waals surface area contributed by atoms with Gasteiger partial charge in [-0.2, -0.15) is 5.10 Å². The van der Waals surface area contributed by atoms with Crippen LogP contribution in [-0.4, -0.2) is 18.2 Å². The van der Waals surface area contributed by atoms with Crippen molar-refractivity contribution >= 4 is 19.7 Å². The molecule has 4 nitrogen and oxygen atoms in total. The van der Waals surface area contributed by atoms with Crippen LogP contribution in [0.1, 0.15) is 11.1 Å². The Morgan fingerprint density at radius 1 is 1.29 bits per heavy atom. The maximum absolute atomic E-state index is 11.1. The molecule has 0 saturated heterocycles. The van der Waals surface area contributed by atoms with Gasteiger partial charge in [0.15, 0.2) is 0 Å². The van der Waals surface area contributed by atoms with Crippen molar-refractivity contribution in [1.82, 2.24) is 9.78 Å². The fourth-order valence-electron chi connectivity index (χ4n) is 1.63. The topological polar surface area (TPSA) is 52.0 Å². The third-order valence-corrected chi connectivity index (χ3v) is 3.75. The highest BCUT2D eigenvalue weighted by Gasteiger charge is 2.13. The van der Waals surface area contributed by atoms with Crippen molar-refractivity contribution in [2.24, 2.45) is 0 Å². The molecule has 0 fully saturated rings. The Hall–Kier alpha value is -1.33. The number of hydrogen-bond donors (Lipinski definition) is 0. The fraction of sp³-hybridized carbons (Fsp3) is 0.182. The van der Waals surface area contributed by atoms with Crippen molar-refractivity contribution in [2.75, 3.05) is 0 Å². The van der Waals surface area contributed by atoms with E-state index in [1.165, 1.54) is 17.1 Å². The predicted molar refractivity (Wildman–Crippen MR) is 66.1 cm³/mol. The van der Waals surface area contributed by atoms with Crippen LogP contribution in [0.3, 0.4) is 0 Å². The molecule has 0 atom stereocenters. The van der Waals surface area contributed by atoms with E-state index in [0.29, 0.717) is 0 Å². The number of nitrogens with zero attached hydrogens (tertiary/aromatic N) is 2. The van der Waals surface area contributed by atoms with E-state index in [1.807, 2.05) is 32.0 Å². The Labute approximate surface area is 104 Å². The van der Waals surface area contributed by atoms with Gasteiger partial charge in [-0.15, -0.1) is 0 Å². The average molecular weight is 271 g/mol. The SMILES string of the molecule is Cc1ccc(-n2cc(S(=O)(=O)Cl)cn2)c(C)c1. The second-order valence-corrected chi connectivity index (χ2v) is 6.41. The summed E-state index contributed by atoms with van der Waals surface area (Å²) in [6.45, 7) is 3.94. The molecule has 0 aliphatic rings. The highest BCUT2D eigenvalue weighted by atomic mass is 35.7. The van der Waals surface area contributed by atoms with E-state index < -0.39 is 9.05 Å². The van der Waals surface area contributed by atoms with Gasteiger partial charge >= 0.3 is 0 Å². The minimum Gasteiger partial charge on any atom is -0.239 e. The molecule has 6 heteroatoms. The molecule has 2 rings (SSSR count). The van der Waals surface area contributed by atoms with Crippen LogP contribution in [0.25, 0.3) is 5.69 Å². The number of aromatic nitrogens is 2. The Morgan fingerprint density at radius 2 is 2.00 bits per heavy atom. The number of halogens is 1. The molecular weight excluding hydrogens is 260 g/mol. The first-order chi connectivity index (χ1) is 7.88. The van der Waals surface area contributed by atoms with Crippen LogP contribution in [0.5, 0.6) is 0 Å². The monoisotopic (exact) mass is 270 g/mol. The second-order valence-electron chi connectivity index (χ2n) is 3.85. The molecule has 1 heterocycles. The summed E-state index contributed by atoms with van der Waals surface area (Å²) < 4.78 is 23.8. The van der Waals surface area contributed by atoms with Crippen molar-refractivity contribution in [1.29, 1.82) is 0 Å². The zero-order valence-corrected chi connectivity index (χ0v) is 11.0. The minimum atomic E-state index is -3.72. The van der Waals surface area contributed by atoms with Crippen molar-refractivity contribution in [3.8, 4) is 5.69 Å². The van der Waals surface area contributed by atoms with Gasteiger partial charge in [0.1, 0.15) is 4.90 Å². The maximum Gasteiger partial charge on any atom is 0.264 e. The lowest BCUT2D eigenvalue weighted by atomic mass is 10.1. The first-order valence-electron chi connectivity index (χ1n) is 4.95. The average Bonchev–Trinajstić information content (AvgIpc) is 2.65. The Morgan fingerprint density at radius 3 is 2.53 bits per heavy atom. The first-order valence-corrected chi connectivity index (χ1v) is 7.26. The molecule has 0 radical (unpaired) electrons. The molecule has 1 aromatic heterocycles. The highest BCUT2D eigenvalue weighted by Crippen LogP contribution is 2.19. The summed E-state index contributed by atoms with van der Waals surface area (Å²) in [4.78, 5) is -0.000795. The van der Waals surface area contributed by atoms with Gasteiger partial charge in [0.05, 0.1) is 18.1 Å². The maximum atomic E-state index is 11.1. The Balaban J connectivity index is 2.51. The van der Waals surface area contributed by atoms with Crippen molar-refractivity contribution in [3.05, 3.63) is 41.7 Å². The number of aryl methyl sites for hydroxylation is 2. The number of rotatable bonds is 2. The van der Waals surface area contributed by atoms with Crippen molar-refractivity contribution in [3.63, 3.8) is 0 Å². The number of hydrogen-bond acceptors (Lipinski definition) is 3. The number of benzene rings is 1. The summed E-state index contributed by atoms with van der Waals surface area (Å²) in [6, 6.07) is 5.84. The molecule has 0 amide bonds. The standard InChI is InChI=1S/C11H11ClN2O2S/c1-8-3-4-11(9(2)5-8)14-7-10(6-13-14)17(12,15)16/h3-7H,1-2H3. The third kappa shape index (κ3) is 2.50. The Bertz CT molecular complexity index is 662. The molecule has 0 bridgehead atoms. The van der Waals surface area contributed by atoms with Gasteiger partial charge in [-0.3, -0.25) is 0 Å². The quantitative estimate of drug-likeness (QED) is 0.788. The van der Waals surface area contributed by atoms with Crippen LogP contribution in [0.15, 0.2) is 35.5 Å². The molecule has 0 saturated carbocycles. The van der Waals surface area contributed by atoms with Crippen LogP contribution in [0.4, 0.5) is 0 Å². The summed E-state index contributed by atoms with van der Waals surface area (Å²) >= 11 is 0. The van der Waals surface area contributed by atoms with E-state index in [2.05, 4.69) is 5.10 Å². The molecule has 0 aliphatic carbocycles. The van der Waals surface area contributed by atoms with E-state index >= 15 is 0 Å².